The average Bonchev–Trinajstić information content (AvgIpc) is 2.89. The Morgan fingerprint density at radius 3 is 1.83 bits per heavy atom. The standard InChI is InChI=1S/C18H21N3O3/c1-11(2)23-17-9-13-14(10-18(17)24-12(3)4)20-21(19-13)15-7-5-6-8-16(15)22/h5-12,22H,1-4H3. The van der Waals surface area contributed by atoms with Gasteiger partial charge in [-0.05, 0) is 39.8 Å². The van der Waals surface area contributed by atoms with Crippen LogP contribution in [-0.2, 0) is 0 Å². The van der Waals surface area contributed by atoms with Crippen molar-refractivity contribution in [2.24, 2.45) is 0 Å². The van der Waals surface area contributed by atoms with Gasteiger partial charge in [0.05, 0.1) is 12.2 Å². The minimum absolute atomic E-state index is 0.0187. The second-order valence-corrected chi connectivity index (χ2v) is 6.10. The molecule has 1 heterocycles. The summed E-state index contributed by atoms with van der Waals surface area (Å²) in [5.74, 6) is 1.39. The number of hydrogen-bond acceptors (Lipinski definition) is 5. The lowest BCUT2D eigenvalue weighted by Gasteiger charge is -2.16. The van der Waals surface area contributed by atoms with Gasteiger partial charge in [0.15, 0.2) is 11.5 Å². The number of benzene rings is 2. The molecule has 0 atom stereocenters. The number of phenols is 1. The van der Waals surface area contributed by atoms with E-state index in [0.717, 1.165) is 0 Å². The molecule has 0 saturated carbocycles. The number of fused-ring (bicyclic) bond motifs is 1. The third-order valence-corrected chi connectivity index (χ3v) is 3.27. The first-order valence-electron chi connectivity index (χ1n) is 7.97. The van der Waals surface area contributed by atoms with Gasteiger partial charge in [-0.2, -0.15) is 0 Å². The number of ether oxygens (including phenoxy) is 2. The maximum absolute atomic E-state index is 9.99. The molecule has 0 aliphatic heterocycles. The zero-order valence-electron chi connectivity index (χ0n) is 14.2. The maximum Gasteiger partial charge on any atom is 0.163 e. The van der Waals surface area contributed by atoms with Crippen molar-refractivity contribution >= 4 is 11.0 Å². The highest BCUT2D eigenvalue weighted by molar-refractivity contribution is 5.79. The molecule has 0 fully saturated rings. The number of para-hydroxylation sites is 2. The van der Waals surface area contributed by atoms with Gasteiger partial charge >= 0.3 is 0 Å². The molecule has 0 radical (unpaired) electrons. The molecule has 0 bridgehead atoms. The van der Waals surface area contributed by atoms with Crippen LogP contribution >= 0.6 is 0 Å². The van der Waals surface area contributed by atoms with Crippen molar-refractivity contribution in [1.29, 1.82) is 0 Å². The third-order valence-electron chi connectivity index (χ3n) is 3.27. The molecule has 1 N–H and O–H groups in total. The van der Waals surface area contributed by atoms with Crippen LogP contribution < -0.4 is 9.47 Å². The Morgan fingerprint density at radius 2 is 1.38 bits per heavy atom. The summed E-state index contributed by atoms with van der Waals surface area (Å²) in [5, 5.41) is 18.9. The maximum atomic E-state index is 9.99. The summed E-state index contributed by atoms with van der Waals surface area (Å²) < 4.78 is 11.7. The highest BCUT2D eigenvalue weighted by atomic mass is 16.5. The summed E-state index contributed by atoms with van der Waals surface area (Å²) in [6.07, 6.45) is 0.0374. The van der Waals surface area contributed by atoms with Crippen molar-refractivity contribution in [1.82, 2.24) is 15.0 Å². The molecule has 24 heavy (non-hydrogen) atoms. The lowest BCUT2D eigenvalue weighted by molar-refractivity contribution is 0.199. The molecule has 0 amide bonds. The van der Waals surface area contributed by atoms with Crippen molar-refractivity contribution in [3.8, 4) is 22.9 Å². The topological polar surface area (TPSA) is 69.4 Å². The van der Waals surface area contributed by atoms with E-state index in [1.54, 1.807) is 18.2 Å². The summed E-state index contributed by atoms with van der Waals surface area (Å²) in [5.41, 5.74) is 1.86. The number of aromatic nitrogens is 3. The lowest BCUT2D eigenvalue weighted by Crippen LogP contribution is -2.10. The Balaban J connectivity index is 2.10. The Kier molecular flexibility index (Phi) is 4.29. The predicted molar refractivity (Wildman–Crippen MR) is 92.1 cm³/mol. The van der Waals surface area contributed by atoms with Crippen LogP contribution in [0.4, 0.5) is 0 Å². The molecular weight excluding hydrogens is 306 g/mol. The molecular formula is C18H21N3O3. The van der Waals surface area contributed by atoms with E-state index in [1.165, 1.54) is 4.80 Å². The number of nitrogens with zero attached hydrogens (tertiary/aromatic N) is 3. The van der Waals surface area contributed by atoms with Crippen LogP contribution in [0.1, 0.15) is 27.7 Å². The van der Waals surface area contributed by atoms with Gasteiger partial charge in [0.2, 0.25) is 0 Å². The van der Waals surface area contributed by atoms with E-state index in [2.05, 4.69) is 10.2 Å². The van der Waals surface area contributed by atoms with Crippen LogP contribution in [0, 0.1) is 0 Å². The SMILES string of the molecule is CC(C)Oc1cc2nn(-c3ccccc3O)nc2cc1OC(C)C. The van der Waals surface area contributed by atoms with Crippen LogP contribution in [0.3, 0.4) is 0 Å². The summed E-state index contributed by atoms with van der Waals surface area (Å²) in [6.45, 7) is 7.84. The van der Waals surface area contributed by atoms with Crippen molar-refractivity contribution in [2.45, 2.75) is 39.9 Å². The first-order chi connectivity index (χ1) is 11.4. The monoisotopic (exact) mass is 327 g/mol. The molecule has 3 rings (SSSR count). The minimum Gasteiger partial charge on any atom is -0.506 e. The van der Waals surface area contributed by atoms with Crippen LogP contribution in [-0.4, -0.2) is 32.3 Å². The zero-order chi connectivity index (χ0) is 17.3. The fourth-order valence-corrected chi connectivity index (χ4v) is 2.36. The third kappa shape index (κ3) is 3.27. The van der Waals surface area contributed by atoms with Gasteiger partial charge in [0.25, 0.3) is 0 Å². The van der Waals surface area contributed by atoms with E-state index >= 15 is 0 Å². The molecule has 6 nitrogen and oxygen atoms in total. The number of rotatable bonds is 5. The van der Waals surface area contributed by atoms with E-state index in [1.807, 2.05) is 45.9 Å². The molecule has 0 unspecified atom stereocenters. The van der Waals surface area contributed by atoms with Crippen molar-refractivity contribution < 1.29 is 14.6 Å². The molecule has 126 valence electrons. The van der Waals surface area contributed by atoms with Crippen LogP contribution in [0.25, 0.3) is 16.7 Å². The van der Waals surface area contributed by atoms with Crippen molar-refractivity contribution in [3.05, 3.63) is 36.4 Å². The number of hydrogen-bond donors (Lipinski definition) is 1. The van der Waals surface area contributed by atoms with Crippen LogP contribution in [0.5, 0.6) is 17.2 Å². The minimum atomic E-state index is 0.0187. The predicted octanol–water partition coefficient (Wildman–Crippen LogP) is 3.70. The van der Waals surface area contributed by atoms with Crippen molar-refractivity contribution in [2.75, 3.05) is 0 Å². The normalized spacial score (nSPS) is 11.4. The van der Waals surface area contributed by atoms with E-state index in [4.69, 9.17) is 9.47 Å². The molecule has 0 aliphatic carbocycles. The highest BCUT2D eigenvalue weighted by Gasteiger charge is 2.15. The smallest absolute Gasteiger partial charge is 0.163 e. The molecule has 2 aromatic carbocycles. The summed E-state index contributed by atoms with van der Waals surface area (Å²) in [4.78, 5) is 1.41. The summed E-state index contributed by atoms with van der Waals surface area (Å²) in [7, 11) is 0. The van der Waals surface area contributed by atoms with E-state index in [9.17, 15) is 5.11 Å². The second kappa shape index (κ2) is 6.39. The van der Waals surface area contributed by atoms with E-state index < -0.39 is 0 Å². The highest BCUT2D eigenvalue weighted by Crippen LogP contribution is 2.33. The van der Waals surface area contributed by atoms with Gasteiger partial charge in [-0.15, -0.1) is 15.0 Å². The zero-order valence-corrected chi connectivity index (χ0v) is 14.2. The Hall–Kier alpha value is -2.76. The second-order valence-electron chi connectivity index (χ2n) is 6.10. The van der Waals surface area contributed by atoms with Crippen molar-refractivity contribution in [3.63, 3.8) is 0 Å². The van der Waals surface area contributed by atoms with E-state index in [-0.39, 0.29) is 18.0 Å². The van der Waals surface area contributed by atoms with Crippen LogP contribution in [0.15, 0.2) is 36.4 Å². The van der Waals surface area contributed by atoms with Gasteiger partial charge in [-0.25, -0.2) is 0 Å². The Labute approximate surface area is 140 Å². The fourth-order valence-electron chi connectivity index (χ4n) is 2.36. The first-order valence-corrected chi connectivity index (χ1v) is 7.97. The van der Waals surface area contributed by atoms with Gasteiger partial charge in [0.1, 0.15) is 22.5 Å². The average molecular weight is 327 g/mol. The molecule has 0 saturated heterocycles. The van der Waals surface area contributed by atoms with Gasteiger partial charge in [-0.1, -0.05) is 12.1 Å². The van der Waals surface area contributed by atoms with E-state index in [0.29, 0.717) is 28.2 Å². The largest absolute Gasteiger partial charge is 0.506 e. The molecule has 0 aliphatic rings. The Morgan fingerprint density at radius 1 is 0.875 bits per heavy atom. The first kappa shape index (κ1) is 16.1. The molecule has 6 heteroatoms. The van der Waals surface area contributed by atoms with Gasteiger partial charge in [-0.3, -0.25) is 0 Å². The number of aromatic hydroxyl groups is 1. The molecule has 1 aromatic heterocycles. The lowest BCUT2D eigenvalue weighted by atomic mass is 10.2. The number of phenolic OH excluding ortho intramolecular Hbond substituents is 1. The Bertz CT molecular complexity index is 809. The molecule has 3 aromatic rings. The summed E-state index contributed by atoms with van der Waals surface area (Å²) in [6, 6.07) is 10.6. The van der Waals surface area contributed by atoms with Gasteiger partial charge < -0.3 is 14.6 Å². The fraction of sp³-hybridized carbons (Fsp3) is 0.333. The molecule has 0 spiro atoms. The summed E-state index contributed by atoms with van der Waals surface area (Å²) >= 11 is 0. The van der Waals surface area contributed by atoms with Crippen LogP contribution in [0.2, 0.25) is 0 Å². The van der Waals surface area contributed by atoms with Gasteiger partial charge in [0, 0.05) is 12.1 Å². The quantitative estimate of drug-likeness (QED) is 0.774.